The minimum Gasteiger partial charge on any atom is -0.369 e. The van der Waals surface area contributed by atoms with Crippen molar-refractivity contribution in [2.24, 2.45) is 0 Å². The van der Waals surface area contributed by atoms with Crippen LogP contribution in [0.5, 0.6) is 0 Å². The van der Waals surface area contributed by atoms with Crippen LogP contribution < -0.4 is 4.90 Å². The molecule has 4 nitrogen and oxygen atoms in total. The van der Waals surface area contributed by atoms with Gasteiger partial charge in [0.1, 0.15) is 5.82 Å². The van der Waals surface area contributed by atoms with Crippen LogP contribution in [0.15, 0.2) is 54.6 Å². The lowest BCUT2D eigenvalue weighted by molar-refractivity contribution is -0.135. The maximum Gasteiger partial charge on any atom is 0.239 e. The monoisotopic (exact) mass is 355 g/mol. The van der Waals surface area contributed by atoms with Gasteiger partial charge in [-0.2, -0.15) is 0 Å². The summed E-state index contributed by atoms with van der Waals surface area (Å²) in [5, 5.41) is 0. The van der Waals surface area contributed by atoms with Crippen LogP contribution in [0.1, 0.15) is 12.5 Å². The van der Waals surface area contributed by atoms with E-state index in [2.05, 4.69) is 9.80 Å². The first-order valence-electron chi connectivity index (χ1n) is 9.08. The maximum absolute atomic E-state index is 13.1. The first-order valence-corrected chi connectivity index (χ1v) is 9.08. The van der Waals surface area contributed by atoms with E-state index in [9.17, 15) is 9.18 Å². The van der Waals surface area contributed by atoms with E-state index in [1.807, 2.05) is 56.4 Å². The van der Waals surface area contributed by atoms with Crippen molar-refractivity contribution in [1.82, 2.24) is 9.80 Å². The Labute approximate surface area is 154 Å². The number of piperazine rings is 1. The highest BCUT2D eigenvalue weighted by Gasteiger charge is 2.27. The van der Waals surface area contributed by atoms with Gasteiger partial charge in [0.2, 0.25) is 5.91 Å². The Morgan fingerprint density at radius 1 is 1.04 bits per heavy atom. The molecule has 1 aliphatic heterocycles. The summed E-state index contributed by atoms with van der Waals surface area (Å²) in [4.78, 5) is 19.0. The van der Waals surface area contributed by atoms with E-state index in [0.717, 1.165) is 37.4 Å². The summed E-state index contributed by atoms with van der Waals surface area (Å²) in [7, 11) is 1.86. The molecule has 0 aliphatic carbocycles. The second-order valence-corrected chi connectivity index (χ2v) is 6.86. The van der Waals surface area contributed by atoms with Crippen LogP contribution >= 0.6 is 0 Å². The molecule has 3 rings (SSSR count). The van der Waals surface area contributed by atoms with E-state index in [4.69, 9.17) is 0 Å². The average molecular weight is 355 g/mol. The Morgan fingerprint density at radius 3 is 2.27 bits per heavy atom. The number of benzene rings is 2. The highest BCUT2D eigenvalue weighted by Crippen LogP contribution is 2.18. The quantitative estimate of drug-likeness (QED) is 0.825. The standard InChI is InChI=1S/C21H26FN3O/c1-17(21(26)23(2)16-18-6-4-3-5-7-18)24-12-14-25(15-13-24)20-10-8-19(22)9-11-20/h3-11,17H,12-16H2,1-2H3. The Balaban J connectivity index is 1.53. The van der Waals surface area contributed by atoms with Crippen molar-refractivity contribution in [3.63, 3.8) is 0 Å². The normalized spacial score (nSPS) is 16.3. The van der Waals surface area contributed by atoms with Gasteiger partial charge in [0.05, 0.1) is 6.04 Å². The third-order valence-electron chi connectivity index (χ3n) is 5.05. The number of hydrogen-bond acceptors (Lipinski definition) is 3. The summed E-state index contributed by atoms with van der Waals surface area (Å²) in [6, 6.07) is 16.5. The van der Waals surface area contributed by atoms with Crippen LogP contribution in [0.25, 0.3) is 0 Å². The van der Waals surface area contributed by atoms with E-state index in [-0.39, 0.29) is 17.8 Å². The molecule has 1 atom stereocenters. The van der Waals surface area contributed by atoms with E-state index in [0.29, 0.717) is 6.54 Å². The van der Waals surface area contributed by atoms with Crippen molar-refractivity contribution < 1.29 is 9.18 Å². The lowest BCUT2D eigenvalue weighted by atomic mass is 10.1. The van der Waals surface area contributed by atoms with E-state index < -0.39 is 0 Å². The van der Waals surface area contributed by atoms with Gasteiger partial charge in [-0.25, -0.2) is 4.39 Å². The molecule has 138 valence electrons. The number of nitrogens with zero attached hydrogens (tertiary/aromatic N) is 3. The number of anilines is 1. The molecule has 0 N–H and O–H groups in total. The van der Waals surface area contributed by atoms with Crippen LogP contribution in [0, 0.1) is 5.82 Å². The molecule has 1 amide bonds. The number of likely N-dealkylation sites (N-methyl/N-ethyl adjacent to an activating group) is 1. The second kappa shape index (κ2) is 8.32. The molecule has 1 saturated heterocycles. The summed E-state index contributed by atoms with van der Waals surface area (Å²) in [6.45, 7) is 5.93. The fourth-order valence-electron chi connectivity index (χ4n) is 3.43. The fraction of sp³-hybridized carbons (Fsp3) is 0.381. The molecule has 0 spiro atoms. The van der Waals surface area contributed by atoms with Crippen molar-refractivity contribution in [3.8, 4) is 0 Å². The molecule has 2 aromatic rings. The van der Waals surface area contributed by atoms with Gasteiger partial charge in [0, 0.05) is 45.5 Å². The number of carbonyl (C=O) groups excluding carboxylic acids is 1. The smallest absolute Gasteiger partial charge is 0.239 e. The summed E-state index contributed by atoms with van der Waals surface area (Å²) >= 11 is 0. The van der Waals surface area contributed by atoms with Crippen molar-refractivity contribution in [2.45, 2.75) is 19.5 Å². The Kier molecular flexibility index (Phi) is 5.89. The zero-order valence-corrected chi connectivity index (χ0v) is 15.4. The minimum atomic E-state index is -0.215. The van der Waals surface area contributed by atoms with Crippen LogP contribution in [0.4, 0.5) is 10.1 Å². The first kappa shape index (κ1) is 18.4. The van der Waals surface area contributed by atoms with Crippen LogP contribution in [-0.4, -0.2) is 55.0 Å². The second-order valence-electron chi connectivity index (χ2n) is 6.86. The molecule has 1 heterocycles. The summed E-state index contributed by atoms with van der Waals surface area (Å²) in [6.07, 6.45) is 0. The number of rotatable bonds is 5. The number of carbonyl (C=O) groups is 1. The highest BCUT2D eigenvalue weighted by atomic mass is 19.1. The van der Waals surface area contributed by atoms with Gasteiger partial charge >= 0.3 is 0 Å². The first-order chi connectivity index (χ1) is 12.5. The Hall–Kier alpha value is -2.40. The van der Waals surface area contributed by atoms with Gasteiger partial charge in [-0.15, -0.1) is 0 Å². The van der Waals surface area contributed by atoms with Gasteiger partial charge in [0.15, 0.2) is 0 Å². The molecular formula is C21H26FN3O. The van der Waals surface area contributed by atoms with Crippen LogP contribution in [-0.2, 0) is 11.3 Å². The molecule has 0 bridgehead atoms. The van der Waals surface area contributed by atoms with Gasteiger partial charge in [-0.1, -0.05) is 30.3 Å². The number of hydrogen-bond donors (Lipinski definition) is 0. The third kappa shape index (κ3) is 4.41. The van der Waals surface area contributed by atoms with E-state index in [1.165, 1.54) is 12.1 Å². The molecule has 1 aliphatic rings. The van der Waals surface area contributed by atoms with Gasteiger partial charge < -0.3 is 9.80 Å². The molecule has 1 unspecified atom stereocenters. The number of amides is 1. The highest BCUT2D eigenvalue weighted by molar-refractivity contribution is 5.81. The molecular weight excluding hydrogens is 329 g/mol. The molecule has 0 radical (unpaired) electrons. The molecule has 0 aromatic heterocycles. The zero-order valence-electron chi connectivity index (χ0n) is 15.4. The summed E-state index contributed by atoms with van der Waals surface area (Å²) in [5.41, 5.74) is 2.17. The molecule has 5 heteroatoms. The largest absolute Gasteiger partial charge is 0.369 e. The lowest BCUT2D eigenvalue weighted by Crippen LogP contribution is -2.54. The predicted octanol–water partition coefficient (Wildman–Crippen LogP) is 2.99. The SMILES string of the molecule is CC(C(=O)N(C)Cc1ccccc1)N1CCN(c2ccc(F)cc2)CC1. The maximum atomic E-state index is 13.1. The predicted molar refractivity (Wildman–Crippen MR) is 103 cm³/mol. The molecule has 26 heavy (non-hydrogen) atoms. The zero-order chi connectivity index (χ0) is 18.5. The van der Waals surface area contributed by atoms with Crippen molar-refractivity contribution >= 4 is 11.6 Å². The molecule has 1 fully saturated rings. The van der Waals surface area contributed by atoms with E-state index in [1.54, 1.807) is 4.90 Å². The van der Waals surface area contributed by atoms with E-state index >= 15 is 0 Å². The Bertz CT molecular complexity index is 712. The molecule has 0 saturated carbocycles. The van der Waals surface area contributed by atoms with Crippen LogP contribution in [0.2, 0.25) is 0 Å². The lowest BCUT2D eigenvalue weighted by Gasteiger charge is -2.39. The Morgan fingerprint density at radius 2 is 1.65 bits per heavy atom. The molecule has 2 aromatic carbocycles. The summed E-state index contributed by atoms with van der Waals surface area (Å²) in [5.74, 6) is -0.0721. The van der Waals surface area contributed by atoms with Gasteiger partial charge in [-0.05, 0) is 36.8 Å². The number of halogens is 1. The fourth-order valence-corrected chi connectivity index (χ4v) is 3.43. The van der Waals surface area contributed by atoms with Gasteiger partial charge in [-0.3, -0.25) is 9.69 Å². The third-order valence-corrected chi connectivity index (χ3v) is 5.05. The van der Waals surface area contributed by atoms with Crippen LogP contribution in [0.3, 0.4) is 0 Å². The van der Waals surface area contributed by atoms with Crippen molar-refractivity contribution in [1.29, 1.82) is 0 Å². The minimum absolute atomic E-state index is 0.140. The van der Waals surface area contributed by atoms with Crippen molar-refractivity contribution in [3.05, 3.63) is 66.0 Å². The summed E-state index contributed by atoms with van der Waals surface area (Å²) < 4.78 is 13.1. The topological polar surface area (TPSA) is 26.8 Å². The average Bonchev–Trinajstić information content (AvgIpc) is 2.68. The van der Waals surface area contributed by atoms with Gasteiger partial charge in [0.25, 0.3) is 0 Å². The van der Waals surface area contributed by atoms with Crippen molar-refractivity contribution in [2.75, 3.05) is 38.1 Å².